The van der Waals surface area contributed by atoms with Crippen molar-refractivity contribution < 1.29 is 19.4 Å². The van der Waals surface area contributed by atoms with Gasteiger partial charge in [-0.3, -0.25) is 9.59 Å². The van der Waals surface area contributed by atoms with E-state index in [-0.39, 0.29) is 18.4 Å². The largest absolute Gasteiger partial charge is 0.480 e. The van der Waals surface area contributed by atoms with Crippen LogP contribution in [-0.4, -0.2) is 48.2 Å². The highest BCUT2D eigenvalue weighted by molar-refractivity contribution is 5.83. The Kier molecular flexibility index (Phi) is 4.74. The standard InChI is InChI=1S/C10H19NO4/c1-7(10(2,3)15-5)9(14)11(4)6-8(12)13/h7H,6H2,1-5H3,(H,12,13). The van der Waals surface area contributed by atoms with Gasteiger partial charge in [-0.05, 0) is 13.8 Å². The van der Waals surface area contributed by atoms with Crippen LogP contribution in [0.15, 0.2) is 0 Å². The summed E-state index contributed by atoms with van der Waals surface area (Å²) in [6.07, 6.45) is 0. The minimum atomic E-state index is -1.02. The molecule has 0 radical (unpaired) electrons. The van der Waals surface area contributed by atoms with E-state index in [4.69, 9.17) is 9.84 Å². The number of ether oxygens (including phenoxy) is 1. The van der Waals surface area contributed by atoms with Crippen molar-refractivity contribution in [3.05, 3.63) is 0 Å². The van der Waals surface area contributed by atoms with E-state index in [1.54, 1.807) is 20.8 Å². The van der Waals surface area contributed by atoms with Crippen LogP contribution in [0.5, 0.6) is 0 Å². The Labute approximate surface area is 90.0 Å². The first kappa shape index (κ1) is 13.9. The fourth-order valence-corrected chi connectivity index (χ4v) is 1.09. The van der Waals surface area contributed by atoms with E-state index >= 15 is 0 Å². The molecule has 0 heterocycles. The van der Waals surface area contributed by atoms with Crippen molar-refractivity contribution in [3.8, 4) is 0 Å². The molecule has 1 amide bonds. The molecule has 0 saturated carbocycles. The minimum absolute atomic E-state index is 0.232. The lowest BCUT2D eigenvalue weighted by atomic mass is 9.91. The molecule has 0 spiro atoms. The summed E-state index contributed by atoms with van der Waals surface area (Å²) in [6.45, 7) is 5.03. The number of amides is 1. The molecule has 15 heavy (non-hydrogen) atoms. The molecule has 0 rings (SSSR count). The van der Waals surface area contributed by atoms with Crippen LogP contribution in [0.2, 0.25) is 0 Å². The average Bonchev–Trinajstić information content (AvgIpc) is 2.14. The number of carboxylic acids is 1. The zero-order valence-corrected chi connectivity index (χ0v) is 9.90. The van der Waals surface area contributed by atoms with Crippen molar-refractivity contribution in [2.24, 2.45) is 5.92 Å². The summed E-state index contributed by atoms with van der Waals surface area (Å²) in [4.78, 5) is 23.4. The normalized spacial score (nSPS) is 13.4. The van der Waals surface area contributed by atoms with E-state index in [2.05, 4.69) is 0 Å². The molecular weight excluding hydrogens is 198 g/mol. The van der Waals surface area contributed by atoms with Crippen molar-refractivity contribution >= 4 is 11.9 Å². The Bertz CT molecular complexity index is 250. The molecule has 0 aliphatic rings. The molecule has 0 aromatic rings. The maximum Gasteiger partial charge on any atom is 0.323 e. The molecular formula is C10H19NO4. The molecule has 0 aromatic carbocycles. The van der Waals surface area contributed by atoms with E-state index in [0.717, 1.165) is 0 Å². The first-order valence-corrected chi connectivity index (χ1v) is 4.74. The van der Waals surface area contributed by atoms with Crippen LogP contribution in [0, 0.1) is 5.92 Å². The maximum atomic E-state index is 11.8. The fraction of sp³-hybridized carbons (Fsp3) is 0.800. The third kappa shape index (κ3) is 3.87. The van der Waals surface area contributed by atoms with E-state index in [1.165, 1.54) is 19.1 Å². The van der Waals surface area contributed by atoms with Crippen molar-refractivity contribution in [2.75, 3.05) is 20.7 Å². The number of rotatable bonds is 5. The van der Waals surface area contributed by atoms with Gasteiger partial charge in [0.15, 0.2) is 0 Å². The van der Waals surface area contributed by atoms with Gasteiger partial charge in [-0.1, -0.05) is 6.92 Å². The molecule has 5 nitrogen and oxygen atoms in total. The van der Waals surface area contributed by atoms with Gasteiger partial charge in [0.05, 0.1) is 11.5 Å². The number of carboxylic acid groups (broad SMARTS) is 1. The number of nitrogens with zero attached hydrogens (tertiary/aromatic N) is 1. The Morgan fingerprint density at radius 3 is 2.27 bits per heavy atom. The Balaban J connectivity index is 4.51. The van der Waals surface area contributed by atoms with Gasteiger partial charge in [-0.15, -0.1) is 0 Å². The molecule has 0 saturated heterocycles. The van der Waals surface area contributed by atoms with E-state index in [0.29, 0.717) is 0 Å². The smallest absolute Gasteiger partial charge is 0.323 e. The van der Waals surface area contributed by atoms with Crippen LogP contribution in [0.4, 0.5) is 0 Å². The van der Waals surface area contributed by atoms with Crippen molar-refractivity contribution in [1.29, 1.82) is 0 Å². The summed E-state index contributed by atoms with van der Waals surface area (Å²) in [7, 11) is 3.00. The third-order valence-corrected chi connectivity index (χ3v) is 2.69. The first-order valence-electron chi connectivity index (χ1n) is 4.74. The van der Waals surface area contributed by atoms with Crippen LogP contribution in [0.1, 0.15) is 20.8 Å². The number of hydrogen-bond donors (Lipinski definition) is 1. The molecule has 0 aliphatic carbocycles. The van der Waals surface area contributed by atoms with E-state index in [1.807, 2.05) is 0 Å². The van der Waals surface area contributed by atoms with Gasteiger partial charge in [0.2, 0.25) is 5.91 Å². The quantitative estimate of drug-likeness (QED) is 0.732. The zero-order chi connectivity index (χ0) is 12.2. The second-order valence-corrected chi connectivity index (χ2v) is 4.12. The maximum absolute atomic E-state index is 11.8. The first-order chi connectivity index (χ1) is 6.72. The lowest BCUT2D eigenvalue weighted by molar-refractivity contribution is -0.150. The van der Waals surface area contributed by atoms with Crippen molar-refractivity contribution in [2.45, 2.75) is 26.4 Å². The summed E-state index contributed by atoms with van der Waals surface area (Å²) in [5, 5.41) is 8.55. The summed E-state index contributed by atoms with van der Waals surface area (Å²) in [5.41, 5.74) is -0.593. The minimum Gasteiger partial charge on any atom is -0.480 e. The van der Waals surface area contributed by atoms with Gasteiger partial charge >= 0.3 is 5.97 Å². The fourth-order valence-electron chi connectivity index (χ4n) is 1.09. The molecule has 5 heteroatoms. The molecule has 1 unspecified atom stereocenters. The van der Waals surface area contributed by atoms with Gasteiger partial charge in [-0.25, -0.2) is 0 Å². The van der Waals surface area contributed by atoms with Gasteiger partial charge in [0.1, 0.15) is 6.54 Å². The Morgan fingerprint density at radius 1 is 1.47 bits per heavy atom. The topological polar surface area (TPSA) is 66.8 Å². The summed E-state index contributed by atoms with van der Waals surface area (Å²) in [6, 6.07) is 0. The van der Waals surface area contributed by atoms with E-state index < -0.39 is 11.6 Å². The van der Waals surface area contributed by atoms with Crippen molar-refractivity contribution in [3.63, 3.8) is 0 Å². The number of methoxy groups -OCH3 is 1. The monoisotopic (exact) mass is 217 g/mol. The number of carbonyl (C=O) groups excluding carboxylic acids is 1. The summed E-state index contributed by atoms with van der Waals surface area (Å²) < 4.78 is 5.18. The third-order valence-electron chi connectivity index (χ3n) is 2.69. The van der Waals surface area contributed by atoms with Crippen LogP contribution >= 0.6 is 0 Å². The predicted octanol–water partition coefficient (Wildman–Crippen LogP) is 0.591. The van der Waals surface area contributed by atoms with Gasteiger partial charge in [-0.2, -0.15) is 0 Å². The van der Waals surface area contributed by atoms with Crippen LogP contribution in [0.3, 0.4) is 0 Å². The second-order valence-electron chi connectivity index (χ2n) is 4.12. The molecule has 1 N–H and O–H groups in total. The predicted molar refractivity (Wildman–Crippen MR) is 55.5 cm³/mol. The van der Waals surface area contributed by atoms with Gasteiger partial charge in [0, 0.05) is 14.2 Å². The second kappa shape index (κ2) is 5.11. The number of likely N-dealkylation sites (N-methyl/N-ethyl adjacent to an activating group) is 1. The Morgan fingerprint density at radius 2 is 1.93 bits per heavy atom. The van der Waals surface area contributed by atoms with Gasteiger partial charge < -0.3 is 14.7 Å². The number of carbonyl (C=O) groups is 2. The lowest BCUT2D eigenvalue weighted by Gasteiger charge is -2.31. The summed E-state index contributed by atoms with van der Waals surface area (Å²) >= 11 is 0. The molecule has 0 aromatic heterocycles. The molecule has 0 fully saturated rings. The van der Waals surface area contributed by atoms with Crippen molar-refractivity contribution in [1.82, 2.24) is 4.90 Å². The molecule has 0 aliphatic heterocycles. The molecule has 1 atom stereocenters. The molecule has 88 valence electrons. The van der Waals surface area contributed by atoms with Crippen LogP contribution in [0.25, 0.3) is 0 Å². The zero-order valence-electron chi connectivity index (χ0n) is 9.90. The lowest BCUT2D eigenvalue weighted by Crippen LogP contribution is -2.44. The average molecular weight is 217 g/mol. The number of aliphatic carboxylic acids is 1. The highest BCUT2D eigenvalue weighted by Gasteiger charge is 2.33. The number of hydrogen-bond acceptors (Lipinski definition) is 3. The van der Waals surface area contributed by atoms with Crippen LogP contribution < -0.4 is 0 Å². The van der Waals surface area contributed by atoms with Crippen LogP contribution in [-0.2, 0) is 14.3 Å². The Hall–Kier alpha value is -1.10. The molecule has 0 bridgehead atoms. The summed E-state index contributed by atoms with van der Waals surface area (Å²) in [5.74, 6) is -1.63. The highest BCUT2D eigenvalue weighted by Crippen LogP contribution is 2.21. The van der Waals surface area contributed by atoms with Gasteiger partial charge in [0.25, 0.3) is 0 Å². The highest BCUT2D eigenvalue weighted by atomic mass is 16.5. The van der Waals surface area contributed by atoms with E-state index in [9.17, 15) is 9.59 Å². The SMILES string of the molecule is COC(C)(C)C(C)C(=O)N(C)CC(=O)O.